The molecule has 2 aromatic carbocycles. The summed E-state index contributed by atoms with van der Waals surface area (Å²) in [5, 5.41) is 0. The summed E-state index contributed by atoms with van der Waals surface area (Å²) in [6.45, 7) is 0. The van der Waals surface area contributed by atoms with Gasteiger partial charge in [-0.3, -0.25) is 0 Å². The number of rotatable bonds is 0. The molecule has 0 aliphatic carbocycles. The lowest BCUT2D eigenvalue weighted by Crippen LogP contribution is -2.08. The van der Waals surface area contributed by atoms with Gasteiger partial charge in [0.1, 0.15) is 0 Å². The Labute approximate surface area is 127 Å². The largest absolute Gasteiger partial charge is 0.364 e. The van der Waals surface area contributed by atoms with Crippen molar-refractivity contribution >= 4 is 15.9 Å². The minimum atomic E-state index is 0.166. The van der Waals surface area contributed by atoms with Crippen LogP contribution in [0.25, 0.3) is 0 Å². The topological polar surface area (TPSA) is 9.23 Å². The summed E-state index contributed by atoms with van der Waals surface area (Å²) >= 11 is 3.44. The van der Waals surface area contributed by atoms with Gasteiger partial charge in [0.2, 0.25) is 0 Å². The maximum Gasteiger partial charge on any atom is 0.0975 e. The van der Waals surface area contributed by atoms with Crippen molar-refractivity contribution in [3.8, 4) is 11.8 Å². The minimum absolute atomic E-state index is 0.166. The van der Waals surface area contributed by atoms with Gasteiger partial charge in [-0.1, -0.05) is 52.0 Å². The summed E-state index contributed by atoms with van der Waals surface area (Å²) in [6.07, 6.45) is 1.44. The first-order chi connectivity index (χ1) is 9.81. The van der Waals surface area contributed by atoms with Gasteiger partial charge in [0.15, 0.2) is 0 Å². The summed E-state index contributed by atoms with van der Waals surface area (Å²) in [5.74, 6) is 7.00. The van der Waals surface area contributed by atoms with Gasteiger partial charge in [-0.15, -0.1) is 0 Å². The highest BCUT2D eigenvalue weighted by Gasteiger charge is 2.44. The number of hydrogen-bond donors (Lipinski definition) is 0. The van der Waals surface area contributed by atoms with Crippen molar-refractivity contribution in [3.63, 3.8) is 0 Å². The Bertz CT molecular complexity index is 708. The molecule has 1 nitrogen and oxygen atoms in total. The second-order valence-electron chi connectivity index (χ2n) is 5.29. The van der Waals surface area contributed by atoms with Crippen LogP contribution in [0.15, 0.2) is 53.0 Å². The first-order valence-electron chi connectivity index (χ1n) is 6.82. The van der Waals surface area contributed by atoms with Crippen LogP contribution in [0.5, 0.6) is 0 Å². The lowest BCUT2D eigenvalue weighted by Gasteiger charge is -2.16. The lowest BCUT2D eigenvalue weighted by atomic mass is 9.84. The van der Waals surface area contributed by atoms with E-state index in [1.807, 2.05) is 24.3 Å². The fraction of sp³-hybridized carbons (Fsp3) is 0.222. The third kappa shape index (κ3) is 1.98. The molecule has 3 atom stereocenters. The quantitative estimate of drug-likeness (QED) is 0.642. The monoisotopic (exact) mass is 324 g/mol. The first kappa shape index (κ1) is 12.2. The fourth-order valence-corrected chi connectivity index (χ4v) is 3.34. The second kappa shape index (κ2) is 4.77. The van der Waals surface area contributed by atoms with Crippen molar-refractivity contribution in [2.75, 3.05) is 0 Å². The van der Waals surface area contributed by atoms with Gasteiger partial charge in [-0.25, -0.2) is 0 Å². The predicted octanol–water partition coefficient (Wildman–Crippen LogP) is 4.63. The smallest absolute Gasteiger partial charge is 0.0975 e. The van der Waals surface area contributed by atoms with Crippen molar-refractivity contribution in [2.45, 2.75) is 18.6 Å². The van der Waals surface area contributed by atoms with Crippen LogP contribution in [0.2, 0.25) is 0 Å². The van der Waals surface area contributed by atoms with Gasteiger partial charge in [0, 0.05) is 10.0 Å². The van der Waals surface area contributed by atoms with Gasteiger partial charge in [0.05, 0.1) is 18.1 Å². The molecule has 3 unspecified atom stereocenters. The van der Waals surface area contributed by atoms with Crippen molar-refractivity contribution in [1.82, 2.24) is 0 Å². The maximum atomic E-state index is 6.05. The Balaban J connectivity index is 1.60. The molecule has 0 spiro atoms. The Hall–Kier alpha value is -1.56. The molecule has 2 heteroatoms. The molecule has 0 N–H and O–H groups in total. The van der Waals surface area contributed by atoms with Crippen molar-refractivity contribution in [1.29, 1.82) is 0 Å². The molecule has 0 amide bonds. The maximum absolute atomic E-state index is 6.05. The van der Waals surface area contributed by atoms with Gasteiger partial charge in [-0.05, 0) is 41.8 Å². The molecule has 1 fully saturated rings. The molecule has 4 rings (SSSR count). The van der Waals surface area contributed by atoms with E-state index < -0.39 is 0 Å². The zero-order valence-electron chi connectivity index (χ0n) is 10.8. The van der Waals surface area contributed by atoms with Crippen LogP contribution in [0.4, 0.5) is 0 Å². The molecule has 0 saturated carbocycles. The molecular formula is C18H13BrO. The zero-order valence-corrected chi connectivity index (χ0v) is 12.4. The summed E-state index contributed by atoms with van der Waals surface area (Å²) in [6, 6.07) is 16.7. The predicted molar refractivity (Wildman–Crippen MR) is 82.1 cm³/mol. The molecule has 2 heterocycles. The average Bonchev–Trinajstić information content (AvgIpc) is 3.06. The SMILES string of the molecule is Brc1ccc(C#CC2CC3OC2c2ccccc23)cc1. The van der Waals surface area contributed by atoms with E-state index in [9.17, 15) is 0 Å². The van der Waals surface area contributed by atoms with E-state index in [0.717, 1.165) is 16.5 Å². The first-order valence-corrected chi connectivity index (χ1v) is 7.62. The van der Waals surface area contributed by atoms with Crippen LogP contribution in [0, 0.1) is 17.8 Å². The van der Waals surface area contributed by atoms with E-state index in [1.165, 1.54) is 11.1 Å². The third-order valence-corrected chi connectivity index (χ3v) is 4.57. The normalized spacial score (nSPS) is 25.9. The molecule has 2 aliphatic heterocycles. The summed E-state index contributed by atoms with van der Waals surface area (Å²) < 4.78 is 7.14. The molecular weight excluding hydrogens is 312 g/mol. The standard InChI is InChI=1S/C18H13BrO/c19-14-9-6-12(7-10-14)5-8-13-11-17-15-3-1-2-4-16(15)18(13)20-17/h1-4,6-7,9-10,13,17-18H,11H2. The summed E-state index contributed by atoms with van der Waals surface area (Å²) in [7, 11) is 0. The van der Waals surface area contributed by atoms with Gasteiger partial charge >= 0.3 is 0 Å². The van der Waals surface area contributed by atoms with E-state index in [0.29, 0.717) is 5.92 Å². The summed E-state index contributed by atoms with van der Waals surface area (Å²) in [4.78, 5) is 0. The molecule has 98 valence electrons. The van der Waals surface area contributed by atoms with Crippen LogP contribution in [-0.4, -0.2) is 0 Å². The van der Waals surface area contributed by atoms with Crippen LogP contribution < -0.4 is 0 Å². The summed E-state index contributed by atoms with van der Waals surface area (Å²) in [5.41, 5.74) is 3.75. The van der Waals surface area contributed by atoms with Crippen LogP contribution >= 0.6 is 15.9 Å². The van der Waals surface area contributed by atoms with E-state index >= 15 is 0 Å². The molecule has 20 heavy (non-hydrogen) atoms. The average molecular weight is 325 g/mol. The van der Waals surface area contributed by atoms with Crippen molar-refractivity contribution < 1.29 is 4.74 Å². The van der Waals surface area contributed by atoms with Crippen molar-refractivity contribution in [2.24, 2.45) is 5.92 Å². The Kier molecular flexibility index (Phi) is 2.91. The van der Waals surface area contributed by atoms with Crippen LogP contribution in [0.1, 0.15) is 35.3 Å². The molecule has 0 radical (unpaired) electrons. The Morgan fingerprint density at radius 3 is 2.55 bits per heavy atom. The van der Waals surface area contributed by atoms with Crippen LogP contribution in [0.3, 0.4) is 0 Å². The minimum Gasteiger partial charge on any atom is -0.364 e. The van der Waals surface area contributed by atoms with Gasteiger partial charge in [-0.2, -0.15) is 0 Å². The molecule has 2 aliphatic rings. The van der Waals surface area contributed by atoms with E-state index in [1.54, 1.807) is 0 Å². The number of benzene rings is 2. The number of halogens is 1. The molecule has 2 bridgehead atoms. The molecule has 2 aromatic rings. The Morgan fingerprint density at radius 2 is 1.75 bits per heavy atom. The van der Waals surface area contributed by atoms with Crippen molar-refractivity contribution in [3.05, 3.63) is 69.7 Å². The second-order valence-corrected chi connectivity index (χ2v) is 6.21. The molecule has 0 aromatic heterocycles. The van der Waals surface area contributed by atoms with Crippen LogP contribution in [-0.2, 0) is 4.74 Å². The zero-order chi connectivity index (χ0) is 13.5. The third-order valence-electron chi connectivity index (χ3n) is 4.04. The van der Waals surface area contributed by atoms with Gasteiger partial charge in [0.25, 0.3) is 0 Å². The number of ether oxygens (including phenoxy) is 1. The highest BCUT2D eigenvalue weighted by Crippen LogP contribution is 2.53. The van der Waals surface area contributed by atoms with E-state index in [4.69, 9.17) is 4.74 Å². The number of hydrogen-bond acceptors (Lipinski definition) is 1. The Morgan fingerprint density at radius 1 is 1.00 bits per heavy atom. The molecule has 1 saturated heterocycles. The fourth-order valence-electron chi connectivity index (χ4n) is 3.08. The highest BCUT2D eigenvalue weighted by molar-refractivity contribution is 9.10. The highest BCUT2D eigenvalue weighted by atomic mass is 79.9. The van der Waals surface area contributed by atoms with E-state index in [-0.39, 0.29) is 12.2 Å². The lowest BCUT2D eigenvalue weighted by molar-refractivity contribution is 0.0657. The van der Waals surface area contributed by atoms with E-state index in [2.05, 4.69) is 52.0 Å². The number of fused-ring (bicyclic) bond motifs is 5. The van der Waals surface area contributed by atoms with Gasteiger partial charge < -0.3 is 4.74 Å².